The molecule has 0 aromatic heterocycles. The highest BCUT2D eigenvalue weighted by atomic mass is 32.2. The fraction of sp³-hybridized carbons (Fsp3) is 0.417. The summed E-state index contributed by atoms with van der Waals surface area (Å²) in [5, 5.41) is 0. The number of sulfone groups is 1. The maximum atomic E-state index is 12.0. The summed E-state index contributed by atoms with van der Waals surface area (Å²) in [6.45, 7) is 1.82. The van der Waals surface area contributed by atoms with Gasteiger partial charge in [0.1, 0.15) is 0 Å². The highest BCUT2D eigenvalue weighted by molar-refractivity contribution is 7.91. The molecular weight excluding hydrogens is 316 g/mol. The molecule has 0 unspecified atom stereocenters. The van der Waals surface area contributed by atoms with Crippen molar-refractivity contribution in [3.63, 3.8) is 0 Å². The largest absolute Gasteiger partial charge is 0.331 e. The molecule has 0 saturated carbocycles. The Morgan fingerprint density at radius 1 is 1.14 bits per heavy atom. The SMILES string of the molecule is Cc1ccc(S(=O)(=O)NC(=O)N2CCS(=O)(=O)CC2)cc1. The molecule has 0 bridgehead atoms. The minimum absolute atomic E-state index is 0.00240. The Kier molecular flexibility index (Phi) is 4.24. The maximum Gasteiger partial charge on any atom is 0.331 e. The van der Waals surface area contributed by atoms with E-state index in [1.165, 1.54) is 17.0 Å². The zero-order chi connectivity index (χ0) is 15.7. The number of carbonyl (C=O) groups excluding carboxylic acids is 1. The topological polar surface area (TPSA) is 101 Å². The summed E-state index contributed by atoms with van der Waals surface area (Å²) in [5.41, 5.74) is 0.904. The third-order valence-electron chi connectivity index (χ3n) is 3.18. The summed E-state index contributed by atoms with van der Waals surface area (Å²) in [6, 6.07) is 5.28. The fourth-order valence-corrected chi connectivity index (χ4v) is 4.04. The number of sulfonamides is 1. The molecule has 0 atom stereocenters. The summed E-state index contributed by atoms with van der Waals surface area (Å²) < 4.78 is 48.6. The predicted octanol–water partition coefficient (Wildman–Crippen LogP) is 0.124. The number of benzene rings is 1. The molecule has 1 heterocycles. The number of aryl methyl sites for hydroxylation is 1. The van der Waals surface area contributed by atoms with E-state index in [0.717, 1.165) is 5.56 Å². The smallest absolute Gasteiger partial charge is 0.322 e. The van der Waals surface area contributed by atoms with Gasteiger partial charge >= 0.3 is 6.03 Å². The summed E-state index contributed by atoms with van der Waals surface area (Å²) in [4.78, 5) is 13.1. The molecule has 7 nitrogen and oxygen atoms in total. The van der Waals surface area contributed by atoms with Crippen LogP contribution in [0.3, 0.4) is 0 Å². The second kappa shape index (κ2) is 5.64. The summed E-state index contributed by atoms with van der Waals surface area (Å²) >= 11 is 0. The first-order chi connectivity index (χ1) is 9.70. The number of nitrogens with one attached hydrogen (secondary N) is 1. The zero-order valence-corrected chi connectivity index (χ0v) is 13.1. The van der Waals surface area contributed by atoms with E-state index >= 15 is 0 Å². The van der Waals surface area contributed by atoms with E-state index < -0.39 is 25.9 Å². The monoisotopic (exact) mass is 332 g/mol. The number of hydrogen-bond donors (Lipinski definition) is 1. The molecular formula is C12H16N2O5S2. The second-order valence-corrected chi connectivity index (χ2v) is 8.85. The number of hydrogen-bond acceptors (Lipinski definition) is 5. The molecule has 1 fully saturated rings. The third kappa shape index (κ3) is 3.94. The molecule has 1 aromatic carbocycles. The van der Waals surface area contributed by atoms with E-state index in [0.29, 0.717) is 0 Å². The van der Waals surface area contributed by atoms with Gasteiger partial charge < -0.3 is 4.90 Å². The van der Waals surface area contributed by atoms with E-state index in [-0.39, 0.29) is 29.5 Å². The molecule has 1 saturated heterocycles. The number of urea groups is 1. The Labute approximate surface area is 123 Å². The van der Waals surface area contributed by atoms with Crippen LogP contribution in [0.15, 0.2) is 29.2 Å². The molecule has 21 heavy (non-hydrogen) atoms. The van der Waals surface area contributed by atoms with E-state index in [1.54, 1.807) is 12.1 Å². The van der Waals surface area contributed by atoms with E-state index in [9.17, 15) is 21.6 Å². The van der Waals surface area contributed by atoms with E-state index in [2.05, 4.69) is 0 Å². The number of carbonyl (C=O) groups is 1. The van der Waals surface area contributed by atoms with Gasteiger partial charge in [0.15, 0.2) is 9.84 Å². The van der Waals surface area contributed by atoms with Crippen LogP contribution in [0.2, 0.25) is 0 Å². The van der Waals surface area contributed by atoms with E-state index in [1.807, 2.05) is 11.6 Å². The van der Waals surface area contributed by atoms with Crippen molar-refractivity contribution in [3.8, 4) is 0 Å². The Hall–Kier alpha value is -1.61. The Morgan fingerprint density at radius 3 is 2.19 bits per heavy atom. The van der Waals surface area contributed by atoms with Gasteiger partial charge in [0, 0.05) is 13.1 Å². The highest BCUT2D eigenvalue weighted by Gasteiger charge is 2.27. The van der Waals surface area contributed by atoms with Gasteiger partial charge in [-0.15, -0.1) is 0 Å². The summed E-state index contributed by atoms with van der Waals surface area (Å²) in [7, 11) is -7.07. The lowest BCUT2D eigenvalue weighted by Crippen LogP contribution is -2.49. The van der Waals surface area contributed by atoms with Gasteiger partial charge in [0.2, 0.25) is 0 Å². The maximum absolute atomic E-state index is 12.0. The summed E-state index contributed by atoms with van der Waals surface area (Å²) in [6.07, 6.45) is 0. The van der Waals surface area contributed by atoms with Crippen molar-refractivity contribution in [1.29, 1.82) is 0 Å². The van der Waals surface area contributed by atoms with Gasteiger partial charge in [0.25, 0.3) is 10.0 Å². The first-order valence-corrected chi connectivity index (χ1v) is 9.59. The predicted molar refractivity (Wildman–Crippen MR) is 77.1 cm³/mol. The van der Waals surface area contributed by atoms with Crippen LogP contribution in [0.25, 0.3) is 0 Å². The van der Waals surface area contributed by atoms with Crippen LogP contribution in [-0.4, -0.2) is 52.4 Å². The molecule has 2 rings (SSSR count). The van der Waals surface area contributed by atoms with Crippen LogP contribution >= 0.6 is 0 Å². The van der Waals surface area contributed by atoms with Crippen molar-refractivity contribution in [2.24, 2.45) is 0 Å². The number of nitrogens with zero attached hydrogens (tertiary/aromatic N) is 1. The molecule has 2 amide bonds. The lowest BCUT2D eigenvalue weighted by Gasteiger charge is -2.26. The zero-order valence-electron chi connectivity index (χ0n) is 11.4. The van der Waals surface area contributed by atoms with Crippen molar-refractivity contribution in [3.05, 3.63) is 29.8 Å². The number of rotatable bonds is 2. The minimum atomic E-state index is -3.95. The first-order valence-electron chi connectivity index (χ1n) is 6.28. The van der Waals surface area contributed by atoms with Gasteiger partial charge in [-0.25, -0.2) is 26.4 Å². The molecule has 0 spiro atoms. The molecule has 1 aliphatic heterocycles. The average molecular weight is 332 g/mol. The molecule has 1 aliphatic rings. The van der Waals surface area contributed by atoms with Crippen LogP contribution in [0.5, 0.6) is 0 Å². The van der Waals surface area contributed by atoms with Gasteiger partial charge in [-0.2, -0.15) is 0 Å². The Balaban J connectivity index is 2.07. The van der Waals surface area contributed by atoms with Gasteiger partial charge in [-0.1, -0.05) is 17.7 Å². The minimum Gasteiger partial charge on any atom is -0.322 e. The quantitative estimate of drug-likeness (QED) is 0.829. The first kappa shape index (κ1) is 15.8. The molecule has 9 heteroatoms. The van der Waals surface area contributed by atoms with Crippen LogP contribution in [0.1, 0.15) is 5.56 Å². The van der Waals surface area contributed by atoms with Crippen molar-refractivity contribution >= 4 is 25.9 Å². The van der Waals surface area contributed by atoms with Crippen molar-refractivity contribution in [2.45, 2.75) is 11.8 Å². The summed E-state index contributed by atoms with van der Waals surface area (Å²) in [5.74, 6) is -0.296. The highest BCUT2D eigenvalue weighted by Crippen LogP contribution is 2.11. The van der Waals surface area contributed by atoms with Crippen LogP contribution in [0, 0.1) is 6.92 Å². The normalized spacial score (nSPS) is 18.2. The molecule has 116 valence electrons. The molecule has 0 radical (unpaired) electrons. The van der Waals surface area contributed by atoms with Crippen LogP contribution < -0.4 is 4.72 Å². The number of amides is 2. The molecule has 0 aliphatic carbocycles. The van der Waals surface area contributed by atoms with Crippen LogP contribution in [0.4, 0.5) is 4.79 Å². The van der Waals surface area contributed by atoms with Gasteiger partial charge in [-0.3, -0.25) is 0 Å². The standard InChI is InChI=1S/C12H16N2O5S2/c1-10-2-4-11(5-3-10)21(18,19)13-12(15)14-6-8-20(16,17)9-7-14/h2-5H,6-9H2,1H3,(H,13,15). The van der Waals surface area contributed by atoms with Crippen molar-refractivity contribution < 1.29 is 21.6 Å². The average Bonchev–Trinajstić information content (AvgIpc) is 2.38. The van der Waals surface area contributed by atoms with Gasteiger partial charge in [-0.05, 0) is 19.1 Å². The lowest BCUT2D eigenvalue weighted by atomic mass is 10.2. The third-order valence-corrected chi connectivity index (χ3v) is 6.13. The lowest BCUT2D eigenvalue weighted by molar-refractivity contribution is 0.208. The van der Waals surface area contributed by atoms with Crippen molar-refractivity contribution in [1.82, 2.24) is 9.62 Å². The fourth-order valence-electron chi connectivity index (χ4n) is 1.87. The molecule has 1 aromatic rings. The van der Waals surface area contributed by atoms with E-state index in [4.69, 9.17) is 0 Å². The van der Waals surface area contributed by atoms with Crippen molar-refractivity contribution in [2.75, 3.05) is 24.6 Å². The Bertz CT molecular complexity index is 724. The van der Waals surface area contributed by atoms with Crippen LogP contribution in [-0.2, 0) is 19.9 Å². The Morgan fingerprint density at radius 2 is 1.67 bits per heavy atom. The van der Waals surface area contributed by atoms with Gasteiger partial charge in [0.05, 0.1) is 16.4 Å². The molecule has 1 N–H and O–H groups in total. The second-order valence-electron chi connectivity index (χ2n) is 4.86.